The van der Waals surface area contributed by atoms with Crippen molar-refractivity contribution in [1.82, 2.24) is 5.32 Å². The lowest BCUT2D eigenvalue weighted by Gasteiger charge is -2.34. The molecule has 0 bridgehead atoms. The second-order valence-electron chi connectivity index (χ2n) is 4.51. The highest BCUT2D eigenvalue weighted by atomic mass is 79.9. The minimum Gasteiger partial charge on any atom is -0.370 e. The van der Waals surface area contributed by atoms with Gasteiger partial charge in [0.25, 0.3) is 0 Å². The molecule has 0 spiro atoms. The summed E-state index contributed by atoms with van der Waals surface area (Å²) < 4.78 is 1.21. The van der Waals surface area contributed by atoms with Gasteiger partial charge in [0.05, 0.1) is 0 Å². The van der Waals surface area contributed by atoms with Crippen molar-refractivity contribution in [2.24, 2.45) is 0 Å². The Hall–Kier alpha value is -0.540. The van der Waals surface area contributed by atoms with Crippen LogP contribution < -0.4 is 10.2 Å². The fourth-order valence-electron chi connectivity index (χ4n) is 2.23. The molecule has 3 heteroatoms. The molecule has 2 rings (SSSR count). The van der Waals surface area contributed by atoms with E-state index in [0.29, 0.717) is 6.04 Å². The number of rotatable bonds is 2. The van der Waals surface area contributed by atoms with E-state index >= 15 is 0 Å². The molecule has 1 aliphatic heterocycles. The first-order chi connectivity index (χ1) is 7.70. The zero-order chi connectivity index (χ0) is 11.5. The number of nitrogens with zero attached hydrogens (tertiary/aromatic N) is 1. The van der Waals surface area contributed by atoms with E-state index in [1.807, 2.05) is 0 Å². The predicted molar refractivity (Wildman–Crippen MR) is 73.2 cm³/mol. The number of halogens is 1. The van der Waals surface area contributed by atoms with Crippen LogP contribution in [-0.2, 0) is 0 Å². The van der Waals surface area contributed by atoms with Gasteiger partial charge < -0.3 is 10.2 Å². The summed E-state index contributed by atoms with van der Waals surface area (Å²) in [7, 11) is 2.05. The zero-order valence-corrected chi connectivity index (χ0v) is 11.5. The molecule has 0 radical (unpaired) electrons. The minimum atomic E-state index is 0.633. The molecule has 1 aromatic carbocycles. The second kappa shape index (κ2) is 5.19. The Morgan fingerprint density at radius 2 is 2.25 bits per heavy atom. The maximum atomic E-state index is 3.60. The largest absolute Gasteiger partial charge is 0.370 e. The van der Waals surface area contributed by atoms with Gasteiger partial charge in [-0.15, -0.1) is 0 Å². The molecule has 1 unspecified atom stereocenters. The number of likely N-dealkylation sites (N-methyl/N-ethyl adjacent to an activating group) is 1. The highest BCUT2D eigenvalue weighted by Crippen LogP contribution is 2.25. The van der Waals surface area contributed by atoms with Gasteiger partial charge in [-0.1, -0.05) is 22.0 Å². The monoisotopic (exact) mass is 282 g/mol. The van der Waals surface area contributed by atoms with Crippen LogP contribution in [-0.4, -0.2) is 26.2 Å². The van der Waals surface area contributed by atoms with Crippen LogP contribution in [0.15, 0.2) is 22.7 Å². The van der Waals surface area contributed by atoms with Gasteiger partial charge in [-0.25, -0.2) is 0 Å². The van der Waals surface area contributed by atoms with Crippen molar-refractivity contribution in [3.63, 3.8) is 0 Å². The molecule has 1 aliphatic rings. The number of benzene rings is 1. The Bertz CT molecular complexity index is 365. The van der Waals surface area contributed by atoms with Gasteiger partial charge in [-0.05, 0) is 44.5 Å². The molecular formula is C13H19BrN2. The first kappa shape index (κ1) is 11.9. The van der Waals surface area contributed by atoms with Gasteiger partial charge in [0.1, 0.15) is 0 Å². The zero-order valence-electron chi connectivity index (χ0n) is 9.96. The maximum Gasteiger partial charge on any atom is 0.0378 e. The second-order valence-corrected chi connectivity index (χ2v) is 5.36. The number of anilines is 1. The standard InChI is InChI=1S/C13H19BrN2/c1-10-5-6-12(8-13(10)14)16-7-3-4-11(9-16)15-2/h5-6,8,11,15H,3-4,7,9H2,1-2H3. The molecule has 1 heterocycles. The molecular weight excluding hydrogens is 264 g/mol. The van der Waals surface area contributed by atoms with Gasteiger partial charge in [0, 0.05) is 29.3 Å². The molecule has 0 aromatic heterocycles. The summed E-state index contributed by atoms with van der Waals surface area (Å²) in [5.41, 5.74) is 2.63. The van der Waals surface area contributed by atoms with E-state index in [0.717, 1.165) is 6.54 Å². The van der Waals surface area contributed by atoms with Gasteiger partial charge in [0.15, 0.2) is 0 Å². The van der Waals surface area contributed by atoms with Crippen LogP contribution in [0.25, 0.3) is 0 Å². The van der Waals surface area contributed by atoms with E-state index in [2.05, 4.69) is 58.3 Å². The van der Waals surface area contributed by atoms with Crippen molar-refractivity contribution in [2.75, 3.05) is 25.0 Å². The summed E-state index contributed by atoms with van der Waals surface area (Å²) in [4.78, 5) is 2.47. The fraction of sp³-hybridized carbons (Fsp3) is 0.538. The molecule has 1 fully saturated rings. The van der Waals surface area contributed by atoms with Crippen molar-refractivity contribution >= 4 is 21.6 Å². The summed E-state index contributed by atoms with van der Waals surface area (Å²) >= 11 is 3.60. The van der Waals surface area contributed by atoms with Crippen molar-refractivity contribution in [3.8, 4) is 0 Å². The van der Waals surface area contributed by atoms with Gasteiger partial charge in [-0.2, -0.15) is 0 Å². The van der Waals surface area contributed by atoms with Gasteiger partial charge in [0.2, 0.25) is 0 Å². The van der Waals surface area contributed by atoms with Crippen molar-refractivity contribution in [2.45, 2.75) is 25.8 Å². The molecule has 0 saturated carbocycles. The van der Waals surface area contributed by atoms with Crippen LogP contribution in [0.5, 0.6) is 0 Å². The van der Waals surface area contributed by atoms with Crippen LogP contribution in [0.1, 0.15) is 18.4 Å². The summed E-state index contributed by atoms with van der Waals surface area (Å²) in [6.45, 7) is 4.42. The third-order valence-electron chi connectivity index (χ3n) is 3.35. The van der Waals surface area contributed by atoms with E-state index in [1.165, 1.54) is 35.1 Å². The molecule has 1 aromatic rings. The predicted octanol–water partition coefficient (Wildman–Crippen LogP) is 2.95. The third-order valence-corrected chi connectivity index (χ3v) is 4.20. The summed E-state index contributed by atoms with van der Waals surface area (Å²) in [6, 6.07) is 7.27. The molecule has 88 valence electrons. The Labute approximate surface area is 106 Å². The minimum absolute atomic E-state index is 0.633. The first-order valence-corrected chi connectivity index (χ1v) is 6.68. The van der Waals surface area contributed by atoms with Crippen LogP contribution in [0.2, 0.25) is 0 Å². The maximum absolute atomic E-state index is 3.60. The number of hydrogen-bond acceptors (Lipinski definition) is 2. The highest BCUT2D eigenvalue weighted by molar-refractivity contribution is 9.10. The fourth-order valence-corrected chi connectivity index (χ4v) is 2.59. The van der Waals surface area contributed by atoms with Crippen LogP contribution in [0.4, 0.5) is 5.69 Å². The van der Waals surface area contributed by atoms with Crippen LogP contribution in [0, 0.1) is 6.92 Å². The molecule has 1 saturated heterocycles. The molecule has 1 atom stereocenters. The number of hydrogen-bond donors (Lipinski definition) is 1. The number of aryl methyl sites for hydroxylation is 1. The molecule has 16 heavy (non-hydrogen) atoms. The Kier molecular flexibility index (Phi) is 3.87. The van der Waals surface area contributed by atoms with Crippen LogP contribution in [0.3, 0.4) is 0 Å². The quantitative estimate of drug-likeness (QED) is 0.897. The normalized spacial score (nSPS) is 21.2. The lowest BCUT2D eigenvalue weighted by molar-refractivity contribution is 0.449. The smallest absolute Gasteiger partial charge is 0.0378 e. The molecule has 1 N–H and O–H groups in total. The SMILES string of the molecule is CNC1CCCN(c2ccc(C)c(Br)c2)C1. The van der Waals surface area contributed by atoms with E-state index in [9.17, 15) is 0 Å². The summed E-state index contributed by atoms with van der Waals surface area (Å²) in [5.74, 6) is 0. The Morgan fingerprint density at radius 3 is 2.94 bits per heavy atom. The highest BCUT2D eigenvalue weighted by Gasteiger charge is 2.18. The van der Waals surface area contributed by atoms with E-state index in [-0.39, 0.29) is 0 Å². The van der Waals surface area contributed by atoms with Crippen molar-refractivity contribution < 1.29 is 0 Å². The molecule has 2 nitrogen and oxygen atoms in total. The number of nitrogens with one attached hydrogen (secondary N) is 1. The van der Waals surface area contributed by atoms with E-state index in [4.69, 9.17) is 0 Å². The lowest BCUT2D eigenvalue weighted by atomic mass is 10.0. The van der Waals surface area contributed by atoms with Gasteiger partial charge in [-0.3, -0.25) is 0 Å². The lowest BCUT2D eigenvalue weighted by Crippen LogP contribution is -2.44. The average Bonchev–Trinajstić information content (AvgIpc) is 2.33. The van der Waals surface area contributed by atoms with E-state index in [1.54, 1.807) is 0 Å². The Balaban J connectivity index is 2.13. The van der Waals surface area contributed by atoms with Crippen molar-refractivity contribution in [1.29, 1.82) is 0 Å². The Morgan fingerprint density at radius 1 is 1.44 bits per heavy atom. The van der Waals surface area contributed by atoms with Crippen molar-refractivity contribution in [3.05, 3.63) is 28.2 Å². The topological polar surface area (TPSA) is 15.3 Å². The summed E-state index contributed by atoms with van der Waals surface area (Å²) in [5, 5.41) is 3.38. The average molecular weight is 283 g/mol. The summed E-state index contributed by atoms with van der Waals surface area (Å²) in [6.07, 6.45) is 2.57. The molecule has 0 amide bonds. The van der Waals surface area contributed by atoms with Gasteiger partial charge >= 0.3 is 0 Å². The molecule has 0 aliphatic carbocycles. The first-order valence-electron chi connectivity index (χ1n) is 5.89. The van der Waals surface area contributed by atoms with E-state index < -0.39 is 0 Å². The van der Waals surface area contributed by atoms with Crippen LogP contribution >= 0.6 is 15.9 Å². The third kappa shape index (κ3) is 2.58. The number of piperidine rings is 1.